The summed E-state index contributed by atoms with van der Waals surface area (Å²) in [5, 5.41) is 13.7. The van der Waals surface area contributed by atoms with Crippen LogP contribution in [0.1, 0.15) is 12.5 Å². The Morgan fingerprint density at radius 3 is 2.48 bits per heavy atom. The number of fused-ring (bicyclic) bond motifs is 1. The van der Waals surface area contributed by atoms with Crippen LogP contribution in [0.5, 0.6) is 0 Å². The fourth-order valence-electron chi connectivity index (χ4n) is 3.40. The van der Waals surface area contributed by atoms with Crippen LogP contribution in [-0.4, -0.2) is 59.0 Å². The second-order valence-corrected chi connectivity index (χ2v) is 9.22. The van der Waals surface area contributed by atoms with E-state index in [1.165, 1.54) is 6.26 Å². The zero-order chi connectivity index (χ0) is 19.9. The first kappa shape index (κ1) is 19.1. The van der Waals surface area contributed by atoms with Crippen LogP contribution >= 0.6 is 0 Å². The van der Waals surface area contributed by atoms with Gasteiger partial charge in [-0.2, -0.15) is 10.3 Å². The third-order valence-electron chi connectivity index (χ3n) is 4.78. The van der Waals surface area contributed by atoms with Gasteiger partial charge in [-0.05, 0) is 30.2 Å². The van der Waals surface area contributed by atoms with E-state index in [1.807, 2.05) is 55.1 Å². The lowest BCUT2D eigenvalue weighted by Crippen LogP contribution is -2.46. The molecule has 0 bridgehead atoms. The number of hydrogen-bond donors (Lipinski definition) is 1. The van der Waals surface area contributed by atoms with E-state index in [1.54, 1.807) is 12.1 Å². The molecule has 142 valence electrons. The van der Waals surface area contributed by atoms with Gasteiger partial charge in [-0.25, -0.2) is 19.0 Å². The summed E-state index contributed by atoms with van der Waals surface area (Å²) in [6.45, 7) is 2.48. The quantitative estimate of drug-likeness (QED) is 0.861. The van der Waals surface area contributed by atoms with Crippen molar-refractivity contribution in [3.05, 3.63) is 52.4 Å². The molecule has 2 aliphatic heterocycles. The molecule has 27 heavy (non-hydrogen) atoms. The normalized spacial score (nSPS) is 19.6. The summed E-state index contributed by atoms with van der Waals surface area (Å²) < 4.78 is 19.6. The summed E-state index contributed by atoms with van der Waals surface area (Å²) in [7, 11) is 3.20. The summed E-state index contributed by atoms with van der Waals surface area (Å²) in [6.07, 6.45) is 2.05. The van der Waals surface area contributed by atoms with Crippen molar-refractivity contribution in [2.45, 2.75) is 18.2 Å². The van der Waals surface area contributed by atoms with Crippen molar-refractivity contribution in [1.82, 2.24) is 14.9 Å². The maximum Gasteiger partial charge on any atom is 0.164 e. The summed E-state index contributed by atoms with van der Waals surface area (Å²) in [4.78, 5) is 7.10. The molecule has 0 saturated carbocycles. The lowest BCUT2D eigenvalue weighted by atomic mass is 9.92. The average molecular weight is 385 g/mol. The van der Waals surface area contributed by atoms with Crippen molar-refractivity contribution in [2.75, 3.05) is 34.1 Å². The number of nitrogens with zero attached hydrogens (tertiary/aromatic N) is 5. The number of nitrogens with one attached hydrogen (secondary N) is 1. The Labute approximate surface area is 160 Å². The molecule has 0 aliphatic carbocycles. The largest absolute Gasteiger partial charge is 0.363 e. The van der Waals surface area contributed by atoms with Crippen LogP contribution in [0.4, 0.5) is 0 Å². The Kier molecular flexibility index (Phi) is 4.84. The van der Waals surface area contributed by atoms with Gasteiger partial charge < -0.3 is 4.90 Å². The Bertz CT molecular complexity index is 1010. The first-order valence-corrected chi connectivity index (χ1v) is 10.5. The smallest absolute Gasteiger partial charge is 0.164 e. The summed E-state index contributed by atoms with van der Waals surface area (Å²) in [5.74, 6) is 1.69. The lowest BCUT2D eigenvalue weighted by molar-refractivity contribution is 0.106. The van der Waals surface area contributed by atoms with Gasteiger partial charge in [0.2, 0.25) is 0 Å². The van der Waals surface area contributed by atoms with Crippen LogP contribution in [0, 0.1) is 16.1 Å². The molecule has 1 aromatic rings. The second-order valence-electron chi connectivity index (χ2n) is 7.07. The molecule has 0 saturated heterocycles. The third kappa shape index (κ3) is 3.36. The monoisotopic (exact) mass is 384 g/mol. The number of rotatable bonds is 4. The molecule has 1 unspecified atom stereocenters. The number of benzene rings is 1. The average Bonchev–Trinajstić information content (AvgIpc) is 2.96. The minimum atomic E-state index is -2.72. The second kappa shape index (κ2) is 6.83. The van der Waals surface area contributed by atoms with Crippen LogP contribution in [0.3, 0.4) is 0 Å². The van der Waals surface area contributed by atoms with E-state index in [2.05, 4.69) is 11.1 Å². The fourth-order valence-corrected chi connectivity index (χ4v) is 4.05. The first-order valence-electron chi connectivity index (χ1n) is 8.55. The lowest BCUT2D eigenvalue weighted by Gasteiger charge is -2.38. The predicted molar refractivity (Wildman–Crippen MR) is 106 cm³/mol. The molecule has 1 aromatic carbocycles. The fraction of sp³-hybridized carbons (Fsp3) is 0.368. The highest BCUT2D eigenvalue weighted by atomic mass is 32.2. The molecule has 0 amide bonds. The highest BCUT2D eigenvalue weighted by molar-refractivity contribution is 7.91. The number of hydrogen-bond acceptors (Lipinski definition) is 7. The van der Waals surface area contributed by atoms with Crippen molar-refractivity contribution < 1.29 is 4.21 Å². The molecule has 0 aromatic heterocycles. The zero-order valence-electron chi connectivity index (χ0n) is 16.3. The SMILES string of the molecule is CC1=C(C#N)C2=NCN(C)N2C(N(C)C)=C1Cc1ccc(S(C)(=N)=O)cc1. The van der Waals surface area contributed by atoms with E-state index >= 15 is 0 Å². The van der Waals surface area contributed by atoms with E-state index < -0.39 is 9.73 Å². The van der Waals surface area contributed by atoms with Crippen LogP contribution < -0.4 is 0 Å². The van der Waals surface area contributed by atoms with E-state index in [9.17, 15) is 9.47 Å². The van der Waals surface area contributed by atoms with Gasteiger partial charge in [0.1, 0.15) is 18.6 Å². The molecule has 2 heterocycles. The van der Waals surface area contributed by atoms with Gasteiger partial charge in [0.15, 0.2) is 5.84 Å². The number of hydrazine groups is 1. The first-order chi connectivity index (χ1) is 12.6. The van der Waals surface area contributed by atoms with Gasteiger partial charge >= 0.3 is 0 Å². The Morgan fingerprint density at radius 2 is 1.96 bits per heavy atom. The maximum absolute atomic E-state index is 11.9. The summed E-state index contributed by atoms with van der Waals surface area (Å²) in [6, 6.07) is 9.63. The van der Waals surface area contributed by atoms with Gasteiger partial charge in [-0.3, -0.25) is 0 Å². The highest BCUT2D eigenvalue weighted by Crippen LogP contribution is 2.35. The number of amidine groups is 1. The van der Waals surface area contributed by atoms with E-state index in [0.29, 0.717) is 29.4 Å². The van der Waals surface area contributed by atoms with Crippen LogP contribution in [-0.2, 0) is 16.1 Å². The van der Waals surface area contributed by atoms with Crippen molar-refractivity contribution in [2.24, 2.45) is 4.99 Å². The van der Waals surface area contributed by atoms with Gasteiger partial charge in [0, 0.05) is 44.3 Å². The van der Waals surface area contributed by atoms with Crippen LogP contribution in [0.15, 0.2) is 56.7 Å². The Balaban J connectivity index is 2.09. The maximum atomic E-state index is 11.9. The molecule has 7 nitrogen and oxygen atoms in total. The molecule has 8 heteroatoms. The molecule has 1 N–H and O–H groups in total. The van der Waals surface area contributed by atoms with Crippen LogP contribution in [0.2, 0.25) is 0 Å². The number of aliphatic imine (C=N–C) groups is 1. The van der Waals surface area contributed by atoms with Crippen molar-refractivity contribution >= 4 is 15.6 Å². The summed E-state index contributed by atoms with van der Waals surface area (Å²) in [5.41, 5.74) is 3.62. The standard InChI is InChI=1S/C19H24N6OS/c1-13-16(10-14-6-8-15(9-7-14)27(5,21)26)19(23(2)3)25-18(17(13)11-20)22-12-24(25)4/h6-9,21H,10,12H2,1-5H3. The molecule has 0 fully saturated rings. The van der Waals surface area contributed by atoms with Gasteiger partial charge in [0.05, 0.1) is 15.3 Å². The summed E-state index contributed by atoms with van der Waals surface area (Å²) >= 11 is 0. The van der Waals surface area contributed by atoms with E-state index in [4.69, 9.17) is 4.78 Å². The molecule has 3 rings (SSSR count). The van der Waals surface area contributed by atoms with Gasteiger partial charge in [0.25, 0.3) is 0 Å². The van der Waals surface area contributed by atoms with Crippen molar-refractivity contribution in [3.8, 4) is 6.07 Å². The number of nitriles is 1. The molecule has 2 aliphatic rings. The third-order valence-corrected chi connectivity index (χ3v) is 5.95. The van der Waals surface area contributed by atoms with Crippen molar-refractivity contribution in [3.63, 3.8) is 0 Å². The van der Waals surface area contributed by atoms with Gasteiger partial charge in [-0.1, -0.05) is 12.1 Å². The number of allylic oxidation sites excluding steroid dienone is 2. The Hall–Kier alpha value is -2.63. The topological polar surface area (TPSA) is 86.8 Å². The van der Waals surface area contributed by atoms with E-state index in [0.717, 1.165) is 22.5 Å². The Morgan fingerprint density at radius 1 is 1.33 bits per heavy atom. The van der Waals surface area contributed by atoms with Crippen molar-refractivity contribution in [1.29, 1.82) is 10.0 Å². The predicted octanol–water partition coefficient (Wildman–Crippen LogP) is 2.41. The highest BCUT2D eigenvalue weighted by Gasteiger charge is 2.37. The minimum Gasteiger partial charge on any atom is -0.363 e. The van der Waals surface area contributed by atoms with Crippen LogP contribution in [0.25, 0.3) is 0 Å². The molecular weight excluding hydrogens is 360 g/mol. The van der Waals surface area contributed by atoms with E-state index in [-0.39, 0.29) is 0 Å². The van der Waals surface area contributed by atoms with Gasteiger partial charge in [-0.15, -0.1) is 0 Å². The molecule has 0 radical (unpaired) electrons. The molecular formula is C19H24N6OS. The molecule has 1 atom stereocenters. The minimum absolute atomic E-state index is 0.515. The molecule has 0 spiro atoms. The zero-order valence-corrected chi connectivity index (χ0v) is 17.1.